The lowest BCUT2D eigenvalue weighted by Crippen LogP contribution is -2.19. The van der Waals surface area contributed by atoms with Crippen molar-refractivity contribution < 1.29 is 8.95 Å². The molecule has 5 heteroatoms. The molecule has 0 aliphatic rings. The Bertz CT molecular complexity index is 616. The van der Waals surface area contributed by atoms with E-state index >= 15 is 0 Å². The maximum atomic E-state index is 12.2. The number of rotatable bonds is 6. The largest absolute Gasteiger partial charge is 0.497 e. The normalized spacial score (nSPS) is 13.7. The van der Waals surface area contributed by atoms with Gasteiger partial charge in [-0.25, -0.2) is 0 Å². The Morgan fingerprint density at radius 2 is 1.95 bits per heavy atom. The molecule has 0 bridgehead atoms. The number of methoxy groups -OCH3 is 1. The first-order valence-electron chi connectivity index (χ1n) is 6.57. The summed E-state index contributed by atoms with van der Waals surface area (Å²) < 4.78 is 17.4. The van der Waals surface area contributed by atoms with Gasteiger partial charge in [0, 0.05) is 33.4 Å². The molecular weight excluding hydrogens is 306 g/mol. The van der Waals surface area contributed by atoms with Gasteiger partial charge in [-0.1, -0.05) is 35.9 Å². The maximum Gasteiger partial charge on any atom is 0.119 e. The highest BCUT2D eigenvalue weighted by Gasteiger charge is 2.12. The van der Waals surface area contributed by atoms with Crippen molar-refractivity contribution in [1.82, 2.24) is 0 Å². The summed E-state index contributed by atoms with van der Waals surface area (Å²) in [5.41, 5.74) is 8.05. The second-order valence-corrected chi connectivity index (χ2v) is 6.70. The average molecular weight is 324 g/mol. The van der Waals surface area contributed by atoms with Crippen LogP contribution < -0.4 is 10.5 Å². The summed E-state index contributed by atoms with van der Waals surface area (Å²) in [6.45, 7) is 0. The van der Waals surface area contributed by atoms with Gasteiger partial charge in [0.2, 0.25) is 0 Å². The van der Waals surface area contributed by atoms with Crippen LogP contribution in [0.25, 0.3) is 0 Å². The maximum absolute atomic E-state index is 12.2. The molecule has 3 nitrogen and oxygen atoms in total. The van der Waals surface area contributed by atoms with Crippen molar-refractivity contribution in [2.24, 2.45) is 5.73 Å². The Morgan fingerprint density at radius 3 is 2.62 bits per heavy atom. The van der Waals surface area contributed by atoms with Gasteiger partial charge < -0.3 is 10.5 Å². The van der Waals surface area contributed by atoms with E-state index in [0.29, 0.717) is 16.5 Å². The fraction of sp³-hybridized carbons (Fsp3) is 0.250. The molecule has 0 heterocycles. The zero-order valence-electron chi connectivity index (χ0n) is 11.8. The molecule has 0 saturated carbocycles. The molecule has 0 radical (unpaired) electrons. The molecule has 0 aliphatic heterocycles. The minimum Gasteiger partial charge on any atom is -0.497 e. The minimum atomic E-state index is -1.03. The van der Waals surface area contributed by atoms with E-state index in [4.69, 9.17) is 22.1 Å². The van der Waals surface area contributed by atoms with E-state index in [1.807, 2.05) is 36.4 Å². The number of hydrogen-bond acceptors (Lipinski definition) is 3. The predicted molar refractivity (Wildman–Crippen MR) is 88.1 cm³/mol. The number of benzene rings is 2. The number of hydrogen-bond donors (Lipinski definition) is 1. The molecule has 21 heavy (non-hydrogen) atoms. The first-order valence-corrected chi connectivity index (χ1v) is 8.44. The molecule has 0 amide bonds. The molecule has 112 valence electrons. The monoisotopic (exact) mass is 323 g/mol. The Morgan fingerprint density at radius 1 is 1.24 bits per heavy atom. The van der Waals surface area contributed by atoms with Crippen molar-refractivity contribution in [3.05, 3.63) is 64.7 Å². The summed E-state index contributed by atoms with van der Waals surface area (Å²) in [7, 11) is 0.589. The highest BCUT2D eigenvalue weighted by Crippen LogP contribution is 2.19. The van der Waals surface area contributed by atoms with E-state index in [-0.39, 0.29) is 6.04 Å². The summed E-state index contributed by atoms with van der Waals surface area (Å²) in [5, 5.41) is 0.678. The van der Waals surface area contributed by atoms with Crippen molar-refractivity contribution in [1.29, 1.82) is 0 Å². The predicted octanol–water partition coefficient (Wildman–Crippen LogP) is 3.30. The second kappa shape index (κ2) is 7.59. The van der Waals surface area contributed by atoms with E-state index in [1.54, 1.807) is 19.2 Å². The van der Waals surface area contributed by atoms with Crippen LogP contribution in [0.2, 0.25) is 5.02 Å². The minimum absolute atomic E-state index is 0.270. The molecular formula is C16H18ClNO2S. The molecule has 2 aromatic rings. The van der Waals surface area contributed by atoms with Crippen LogP contribution in [0.1, 0.15) is 17.2 Å². The summed E-state index contributed by atoms with van der Waals surface area (Å²) >= 11 is 5.83. The third kappa shape index (κ3) is 4.84. The molecule has 0 fully saturated rings. The van der Waals surface area contributed by atoms with Gasteiger partial charge in [0.15, 0.2) is 0 Å². The fourth-order valence-electron chi connectivity index (χ4n) is 1.99. The van der Waals surface area contributed by atoms with Crippen LogP contribution in [0, 0.1) is 0 Å². The van der Waals surface area contributed by atoms with E-state index in [1.165, 1.54) is 0 Å². The molecule has 2 aromatic carbocycles. The topological polar surface area (TPSA) is 52.3 Å². The summed E-state index contributed by atoms with van der Waals surface area (Å²) in [4.78, 5) is 0. The van der Waals surface area contributed by atoms with Gasteiger partial charge in [0.05, 0.1) is 7.11 Å². The summed E-state index contributed by atoms with van der Waals surface area (Å²) in [6.07, 6.45) is 0. The summed E-state index contributed by atoms with van der Waals surface area (Å²) in [6, 6.07) is 14.7. The molecule has 2 N–H and O–H groups in total. The van der Waals surface area contributed by atoms with Crippen LogP contribution in [0.15, 0.2) is 48.5 Å². The first kappa shape index (κ1) is 16.0. The van der Waals surface area contributed by atoms with Gasteiger partial charge in [-0.3, -0.25) is 4.21 Å². The van der Waals surface area contributed by atoms with Crippen molar-refractivity contribution in [3.8, 4) is 5.75 Å². The SMILES string of the molecule is COc1cccc(C(N)CS(=O)Cc2ccc(Cl)cc2)c1. The molecule has 0 saturated heterocycles. The number of halogens is 1. The molecule has 2 rings (SSSR count). The van der Waals surface area contributed by atoms with Gasteiger partial charge in [-0.2, -0.15) is 0 Å². The molecule has 0 aliphatic carbocycles. The van der Waals surface area contributed by atoms with E-state index < -0.39 is 10.8 Å². The van der Waals surface area contributed by atoms with Gasteiger partial charge in [0.1, 0.15) is 5.75 Å². The first-order chi connectivity index (χ1) is 10.1. The molecule has 2 unspecified atom stereocenters. The lowest BCUT2D eigenvalue weighted by atomic mass is 10.1. The van der Waals surface area contributed by atoms with E-state index in [2.05, 4.69) is 0 Å². The molecule has 2 atom stereocenters. The van der Waals surface area contributed by atoms with Crippen LogP contribution in [0.5, 0.6) is 5.75 Å². The van der Waals surface area contributed by atoms with Crippen LogP contribution in [0.3, 0.4) is 0 Å². The summed E-state index contributed by atoms with van der Waals surface area (Å²) in [5.74, 6) is 1.65. The Hall–Kier alpha value is -1.36. The van der Waals surface area contributed by atoms with Crippen LogP contribution in [-0.4, -0.2) is 17.1 Å². The lowest BCUT2D eigenvalue weighted by molar-refractivity contribution is 0.414. The highest BCUT2D eigenvalue weighted by molar-refractivity contribution is 7.84. The zero-order chi connectivity index (χ0) is 15.2. The number of nitrogens with two attached hydrogens (primary N) is 1. The van der Waals surface area contributed by atoms with Crippen molar-refractivity contribution in [3.63, 3.8) is 0 Å². The van der Waals surface area contributed by atoms with Gasteiger partial charge in [-0.15, -0.1) is 0 Å². The van der Waals surface area contributed by atoms with Crippen molar-refractivity contribution >= 4 is 22.4 Å². The third-order valence-electron chi connectivity index (χ3n) is 3.13. The van der Waals surface area contributed by atoms with Gasteiger partial charge >= 0.3 is 0 Å². The van der Waals surface area contributed by atoms with Crippen LogP contribution in [-0.2, 0) is 16.6 Å². The van der Waals surface area contributed by atoms with E-state index in [0.717, 1.165) is 16.9 Å². The van der Waals surface area contributed by atoms with Crippen molar-refractivity contribution in [2.75, 3.05) is 12.9 Å². The Kier molecular flexibility index (Phi) is 5.79. The van der Waals surface area contributed by atoms with Crippen LogP contribution in [0.4, 0.5) is 0 Å². The van der Waals surface area contributed by atoms with Crippen LogP contribution >= 0.6 is 11.6 Å². The van der Waals surface area contributed by atoms with E-state index in [9.17, 15) is 4.21 Å². The zero-order valence-corrected chi connectivity index (χ0v) is 13.4. The smallest absolute Gasteiger partial charge is 0.119 e. The number of ether oxygens (including phenoxy) is 1. The Labute approximate surface area is 132 Å². The van der Waals surface area contributed by atoms with Crippen molar-refractivity contribution in [2.45, 2.75) is 11.8 Å². The highest BCUT2D eigenvalue weighted by atomic mass is 35.5. The average Bonchev–Trinajstić information content (AvgIpc) is 2.49. The molecule has 0 spiro atoms. The third-order valence-corrected chi connectivity index (χ3v) is 4.77. The molecule has 0 aromatic heterocycles. The lowest BCUT2D eigenvalue weighted by Gasteiger charge is -2.13. The standard InChI is InChI=1S/C16H18ClNO2S/c1-20-15-4-2-3-13(9-15)16(18)11-21(19)10-12-5-7-14(17)8-6-12/h2-9,16H,10-11,18H2,1H3. The Balaban J connectivity index is 1.96. The van der Waals surface area contributed by atoms with Gasteiger partial charge in [0.25, 0.3) is 0 Å². The quantitative estimate of drug-likeness (QED) is 0.887. The fourth-order valence-corrected chi connectivity index (χ4v) is 3.40. The van der Waals surface area contributed by atoms with Gasteiger partial charge in [-0.05, 0) is 35.4 Å². The second-order valence-electron chi connectivity index (χ2n) is 4.76.